The molecule has 1 aliphatic heterocycles. The third-order valence-corrected chi connectivity index (χ3v) is 4.50. The standard InChI is InChI=1S/C15H16F3N5O2.ClH/c1-9(13-19-20-21-23(13)10-5-3-2-4-6-10)22-7-11(14(24)25)12(8-22)15(16,17)18;/h2-6,9,11-12H,7-8H2,1H3,(H,24,25);1H/t9?,11-,12-;/m1./s1. The smallest absolute Gasteiger partial charge is 0.393 e. The Morgan fingerprint density at radius 1 is 1.27 bits per heavy atom. The molecule has 1 aromatic carbocycles. The molecule has 7 nitrogen and oxygen atoms in total. The van der Waals surface area contributed by atoms with Crippen molar-refractivity contribution in [2.24, 2.45) is 11.8 Å². The minimum absolute atomic E-state index is 0. The van der Waals surface area contributed by atoms with E-state index >= 15 is 0 Å². The van der Waals surface area contributed by atoms with Crippen molar-refractivity contribution < 1.29 is 23.1 Å². The highest BCUT2D eigenvalue weighted by Crippen LogP contribution is 2.40. The fourth-order valence-electron chi connectivity index (χ4n) is 3.10. The van der Waals surface area contributed by atoms with Crippen molar-refractivity contribution in [1.82, 2.24) is 25.1 Å². The van der Waals surface area contributed by atoms with Crippen molar-refractivity contribution in [3.8, 4) is 5.69 Å². The summed E-state index contributed by atoms with van der Waals surface area (Å²) in [5.41, 5.74) is 0.677. The Balaban J connectivity index is 0.00000243. The highest BCUT2D eigenvalue weighted by atomic mass is 35.5. The number of para-hydroxylation sites is 1. The van der Waals surface area contributed by atoms with Crippen LogP contribution in [0.25, 0.3) is 5.69 Å². The van der Waals surface area contributed by atoms with Gasteiger partial charge >= 0.3 is 12.1 Å². The van der Waals surface area contributed by atoms with Crippen LogP contribution in [0.15, 0.2) is 30.3 Å². The second kappa shape index (κ2) is 7.58. The first-order valence-electron chi connectivity index (χ1n) is 7.66. The van der Waals surface area contributed by atoms with Gasteiger partial charge < -0.3 is 5.11 Å². The maximum atomic E-state index is 13.2. The predicted molar refractivity (Wildman–Crippen MR) is 87.1 cm³/mol. The third kappa shape index (κ3) is 3.80. The number of halogens is 4. The fraction of sp³-hybridized carbons (Fsp3) is 0.467. The molecule has 2 aromatic rings. The lowest BCUT2D eigenvalue weighted by Crippen LogP contribution is -2.33. The van der Waals surface area contributed by atoms with E-state index in [0.29, 0.717) is 11.5 Å². The molecule has 1 aliphatic rings. The van der Waals surface area contributed by atoms with Gasteiger partial charge in [0, 0.05) is 13.1 Å². The largest absolute Gasteiger partial charge is 0.481 e. The van der Waals surface area contributed by atoms with Crippen LogP contribution in [0.2, 0.25) is 0 Å². The monoisotopic (exact) mass is 391 g/mol. The maximum absolute atomic E-state index is 13.2. The molecule has 0 bridgehead atoms. The lowest BCUT2D eigenvalue weighted by atomic mass is 9.96. The highest BCUT2D eigenvalue weighted by Gasteiger charge is 2.53. The number of hydrogen-bond acceptors (Lipinski definition) is 5. The Hall–Kier alpha value is -2.20. The number of carboxylic acids is 1. The zero-order valence-corrected chi connectivity index (χ0v) is 14.5. The molecule has 1 aromatic heterocycles. The number of carbonyl (C=O) groups is 1. The number of hydrogen-bond donors (Lipinski definition) is 1. The van der Waals surface area contributed by atoms with Gasteiger partial charge in [-0.05, 0) is 29.5 Å². The molecule has 0 radical (unpaired) electrons. The summed E-state index contributed by atoms with van der Waals surface area (Å²) in [5, 5.41) is 20.6. The van der Waals surface area contributed by atoms with Crippen molar-refractivity contribution in [1.29, 1.82) is 0 Å². The van der Waals surface area contributed by atoms with Crippen molar-refractivity contribution >= 4 is 18.4 Å². The van der Waals surface area contributed by atoms with Crippen LogP contribution in [0.3, 0.4) is 0 Å². The first-order chi connectivity index (χ1) is 11.8. The second-order valence-electron chi connectivity index (χ2n) is 6.01. The molecule has 0 saturated carbocycles. The van der Waals surface area contributed by atoms with Gasteiger partial charge in [-0.15, -0.1) is 17.5 Å². The predicted octanol–water partition coefficient (Wildman–Crippen LogP) is 2.34. The highest BCUT2D eigenvalue weighted by molar-refractivity contribution is 5.85. The van der Waals surface area contributed by atoms with Crippen molar-refractivity contribution in [3.63, 3.8) is 0 Å². The molecule has 2 heterocycles. The van der Waals surface area contributed by atoms with Gasteiger partial charge in [0.05, 0.1) is 23.6 Å². The molecule has 0 aliphatic carbocycles. The van der Waals surface area contributed by atoms with Crippen molar-refractivity contribution in [2.75, 3.05) is 13.1 Å². The van der Waals surface area contributed by atoms with E-state index < -0.39 is 36.6 Å². The normalized spacial score (nSPS) is 22.0. The van der Waals surface area contributed by atoms with Gasteiger partial charge in [0.25, 0.3) is 0 Å². The maximum Gasteiger partial charge on any atom is 0.393 e. The van der Waals surface area contributed by atoms with Gasteiger partial charge in [-0.3, -0.25) is 9.69 Å². The van der Waals surface area contributed by atoms with E-state index in [0.717, 1.165) is 0 Å². The molecule has 1 N–H and O–H groups in total. The molecule has 142 valence electrons. The summed E-state index contributed by atoms with van der Waals surface area (Å²) in [6.07, 6.45) is -4.57. The molecule has 0 amide bonds. The number of carboxylic acid groups (broad SMARTS) is 1. The van der Waals surface area contributed by atoms with Crippen LogP contribution in [0.1, 0.15) is 18.8 Å². The summed E-state index contributed by atoms with van der Waals surface area (Å²) in [5.74, 6) is -4.49. The molecule has 11 heteroatoms. The lowest BCUT2D eigenvalue weighted by Gasteiger charge is -2.23. The summed E-state index contributed by atoms with van der Waals surface area (Å²) >= 11 is 0. The first-order valence-corrected chi connectivity index (χ1v) is 7.66. The van der Waals surface area contributed by atoms with E-state index in [1.54, 1.807) is 31.2 Å². The van der Waals surface area contributed by atoms with E-state index in [-0.39, 0.29) is 19.0 Å². The molecular formula is C15H17ClF3N5O2. The van der Waals surface area contributed by atoms with Crippen LogP contribution in [-0.4, -0.2) is 55.4 Å². The zero-order valence-electron chi connectivity index (χ0n) is 13.7. The summed E-state index contributed by atoms with van der Waals surface area (Å²) in [6.45, 7) is 1.06. The lowest BCUT2D eigenvalue weighted by molar-refractivity contribution is -0.188. The molecule has 1 saturated heterocycles. The summed E-state index contributed by atoms with van der Waals surface area (Å²) < 4.78 is 40.9. The van der Waals surface area contributed by atoms with Crippen LogP contribution >= 0.6 is 12.4 Å². The van der Waals surface area contributed by atoms with Gasteiger partial charge in [0.15, 0.2) is 5.82 Å². The first kappa shape index (κ1) is 20.1. The number of alkyl halides is 3. The number of aromatic nitrogens is 4. The summed E-state index contributed by atoms with van der Waals surface area (Å²) in [7, 11) is 0. The van der Waals surface area contributed by atoms with Gasteiger partial charge in [-0.1, -0.05) is 18.2 Å². The van der Waals surface area contributed by atoms with E-state index in [1.807, 2.05) is 6.07 Å². The Morgan fingerprint density at radius 3 is 2.46 bits per heavy atom. The minimum atomic E-state index is -4.57. The molecule has 3 atom stereocenters. The van der Waals surface area contributed by atoms with Crippen LogP contribution in [-0.2, 0) is 4.79 Å². The number of rotatable bonds is 4. The zero-order chi connectivity index (χ0) is 18.2. The van der Waals surface area contributed by atoms with Crippen LogP contribution < -0.4 is 0 Å². The molecule has 26 heavy (non-hydrogen) atoms. The Morgan fingerprint density at radius 2 is 1.92 bits per heavy atom. The molecule has 1 unspecified atom stereocenters. The Labute approximate surface area is 153 Å². The van der Waals surface area contributed by atoms with Crippen LogP contribution in [0, 0.1) is 11.8 Å². The van der Waals surface area contributed by atoms with E-state index in [4.69, 9.17) is 5.11 Å². The number of benzene rings is 1. The topological polar surface area (TPSA) is 84.1 Å². The van der Waals surface area contributed by atoms with Crippen molar-refractivity contribution in [2.45, 2.75) is 19.1 Å². The molecule has 3 rings (SSSR count). The Kier molecular flexibility index (Phi) is 5.87. The second-order valence-corrected chi connectivity index (χ2v) is 6.01. The quantitative estimate of drug-likeness (QED) is 0.861. The van der Waals surface area contributed by atoms with Gasteiger partial charge in [0.1, 0.15) is 0 Å². The number of nitrogens with zero attached hydrogens (tertiary/aromatic N) is 5. The SMILES string of the molecule is CC(c1nnnn1-c1ccccc1)N1C[C@@H](C(F)(F)F)[C@H](C(=O)O)C1.Cl. The molecule has 1 fully saturated rings. The van der Waals surface area contributed by atoms with E-state index in [1.165, 1.54) is 9.58 Å². The van der Waals surface area contributed by atoms with Gasteiger partial charge in [-0.2, -0.15) is 17.9 Å². The third-order valence-electron chi connectivity index (χ3n) is 4.50. The Bertz CT molecular complexity index is 755. The number of tetrazole rings is 1. The summed E-state index contributed by atoms with van der Waals surface area (Å²) in [6, 6.07) is 8.39. The average Bonchev–Trinajstić information content (AvgIpc) is 3.22. The molecular weight excluding hydrogens is 375 g/mol. The minimum Gasteiger partial charge on any atom is -0.481 e. The average molecular weight is 392 g/mol. The van der Waals surface area contributed by atoms with E-state index in [2.05, 4.69) is 15.5 Å². The summed E-state index contributed by atoms with van der Waals surface area (Å²) in [4.78, 5) is 12.7. The van der Waals surface area contributed by atoms with Crippen LogP contribution in [0.5, 0.6) is 0 Å². The van der Waals surface area contributed by atoms with Gasteiger partial charge in [-0.25, -0.2) is 0 Å². The van der Waals surface area contributed by atoms with Crippen molar-refractivity contribution in [3.05, 3.63) is 36.2 Å². The van der Waals surface area contributed by atoms with Gasteiger partial charge in [0.2, 0.25) is 0 Å². The number of aliphatic carboxylic acids is 1. The van der Waals surface area contributed by atoms with Crippen LogP contribution in [0.4, 0.5) is 13.2 Å². The molecule has 0 spiro atoms. The van der Waals surface area contributed by atoms with E-state index in [9.17, 15) is 18.0 Å². The number of likely N-dealkylation sites (tertiary alicyclic amines) is 1. The fourth-order valence-corrected chi connectivity index (χ4v) is 3.10.